The average Bonchev–Trinajstić information content (AvgIpc) is 2.75. The van der Waals surface area contributed by atoms with E-state index in [9.17, 15) is 14.4 Å². The van der Waals surface area contributed by atoms with Gasteiger partial charge in [0, 0.05) is 45.0 Å². The summed E-state index contributed by atoms with van der Waals surface area (Å²) in [5, 5.41) is 4.94. The van der Waals surface area contributed by atoms with E-state index in [1.165, 1.54) is 0 Å². The molecule has 0 aromatic heterocycles. The molecule has 2 N–H and O–H groups in total. The molecule has 0 spiro atoms. The van der Waals surface area contributed by atoms with Crippen LogP contribution < -0.4 is 15.4 Å². The van der Waals surface area contributed by atoms with Crippen LogP contribution in [-0.2, 0) is 14.3 Å². The molecule has 2 saturated heterocycles. The summed E-state index contributed by atoms with van der Waals surface area (Å²) >= 11 is 0. The standard InChI is InChI=1S/C20H29N5O5/c1-29-17-4-2-16(3-5-17)21-20(28)22-18(26)14-23-6-8-25(9-7-23)19(27)15-24-10-12-30-13-11-24/h2-5H,6-15H2,1H3,(H2,21,22,26,28). The van der Waals surface area contributed by atoms with Crippen LogP contribution >= 0.6 is 0 Å². The first-order valence-corrected chi connectivity index (χ1v) is 10.1. The summed E-state index contributed by atoms with van der Waals surface area (Å²) in [6.45, 7) is 5.78. The molecule has 1 aromatic rings. The van der Waals surface area contributed by atoms with Crippen LogP contribution in [0.25, 0.3) is 0 Å². The number of rotatable bonds is 6. The number of imide groups is 1. The van der Waals surface area contributed by atoms with Crippen LogP contribution in [0.1, 0.15) is 0 Å². The lowest BCUT2D eigenvalue weighted by atomic mass is 10.3. The van der Waals surface area contributed by atoms with Gasteiger partial charge in [-0.05, 0) is 24.3 Å². The lowest BCUT2D eigenvalue weighted by molar-refractivity contribution is -0.135. The second kappa shape index (κ2) is 10.9. The van der Waals surface area contributed by atoms with Crippen molar-refractivity contribution < 1.29 is 23.9 Å². The molecule has 30 heavy (non-hydrogen) atoms. The molecule has 0 bridgehead atoms. The number of carbonyl (C=O) groups is 3. The van der Waals surface area contributed by atoms with Gasteiger partial charge in [0.05, 0.1) is 33.4 Å². The molecular formula is C20H29N5O5. The van der Waals surface area contributed by atoms with Crippen molar-refractivity contribution in [1.29, 1.82) is 0 Å². The summed E-state index contributed by atoms with van der Waals surface area (Å²) < 4.78 is 10.4. The number of anilines is 1. The van der Waals surface area contributed by atoms with Crippen molar-refractivity contribution in [3.63, 3.8) is 0 Å². The quantitative estimate of drug-likeness (QED) is 0.659. The molecule has 0 saturated carbocycles. The lowest BCUT2D eigenvalue weighted by Crippen LogP contribution is -2.54. The highest BCUT2D eigenvalue weighted by Crippen LogP contribution is 2.14. The van der Waals surface area contributed by atoms with Crippen molar-refractivity contribution in [2.24, 2.45) is 0 Å². The number of nitrogens with zero attached hydrogens (tertiary/aromatic N) is 3. The maximum Gasteiger partial charge on any atom is 0.325 e. The van der Waals surface area contributed by atoms with Crippen LogP contribution in [0, 0.1) is 0 Å². The van der Waals surface area contributed by atoms with E-state index >= 15 is 0 Å². The number of nitrogens with one attached hydrogen (secondary N) is 2. The zero-order chi connectivity index (χ0) is 21.3. The molecule has 1 aromatic carbocycles. The Kier molecular flexibility index (Phi) is 8.00. The Labute approximate surface area is 176 Å². The number of urea groups is 1. The Hall–Kier alpha value is -2.69. The van der Waals surface area contributed by atoms with E-state index < -0.39 is 6.03 Å². The predicted molar refractivity (Wildman–Crippen MR) is 110 cm³/mol. The van der Waals surface area contributed by atoms with Gasteiger partial charge in [-0.25, -0.2) is 4.79 Å². The Morgan fingerprint density at radius 1 is 0.933 bits per heavy atom. The van der Waals surface area contributed by atoms with Crippen LogP contribution in [0.4, 0.5) is 10.5 Å². The van der Waals surface area contributed by atoms with Crippen LogP contribution in [0.3, 0.4) is 0 Å². The summed E-state index contributed by atoms with van der Waals surface area (Å²) in [6, 6.07) is 6.24. The largest absolute Gasteiger partial charge is 0.497 e. The second-order valence-corrected chi connectivity index (χ2v) is 7.28. The summed E-state index contributed by atoms with van der Waals surface area (Å²) in [6.07, 6.45) is 0. The average molecular weight is 419 g/mol. The number of ether oxygens (including phenoxy) is 2. The second-order valence-electron chi connectivity index (χ2n) is 7.28. The highest BCUT2D eigenvalue weighted by atomic mass is 16.5. The monoisotopic (exact) mass is 419 g/mol. The molecule has 2 aliphatic heterocycles. The number of carbonyl (C=O) groups excluding carboxylic acids is 3. The number of amides is 4. The Balaban J connectivity index is 1.35. The molecular weight excluding hydrogens is 390 g/mol. The normalized spacial score (nSPS) is 18.0. The molecule has 0 atom stereocenters. The molecule has 3 rings (SSSR count). The number of benzene rings is 1. The van der Waals surface area contributed by atoms with Gasteiger partial charge in [0.15, 0.2) is 0 Å². The third-order valence-corrected chi connectivity index (χ3v) is 5.16. The Bertz CT molecular complexity index is 728. The van der Waals surface area contributed by atoms with E-state index in [0.717, 1.165) is 13.1 Å². The van der Waals surface area contributed by atoms with Crippen molar-refractivity contribution in [1.82, 2.24) is 20.0 Å². The minimum atomic E-state index is -0.579. The topological polar surface area (TPSA) is 103 Å². The molecule has 164 valence electrons. The highest BCUT2D eigenvalue weighted by molar-refractivity contribution is 6.01. The fraction of sp³-hybridized carbons (Fsp3) is 0.550. The van der Waals surface area contributed by atoms with Crippen molar-refractivity contribution in [2.75, 3.05) is 78.0 Å². The fourth-order valence-corrected chi connectivity index (χ4v) is 3.41. The van der Waals surface area contributed by atoms with Crippen LogP contribution in [-0.4, -0.2) is 105 Å². The number of piperazine rings is 1. The van der Waals surface area contributed by atoms with Crippen molar-refractivity contribution in [3.05, 3.63) is 24.3 Å². The van der Waals surface area contributed by atoms with Gasteiger partial charge in [-0.1, -0.05) is 0 Å². The van der Waals surface area contributed by atoms with Gasteiger partial charge >= 0.3 is 6.03 Å². The maximum atomic E-state index is 12.4. The van der Waals surface area contributed by atoms with E-state index in [1.54, 1.807) is 31.4 Å². The summed E-state index contributed by atoms with van der Waals surface area (Å²) in [5.74, 6) is 0.411. The van der Waals surface area contributed by atoms with Crippen molar-refractivity contribution >= 4 is 23.5 Å². The first kappa shape index (κ1) is 22.0. The van der Waals surface area contributed by atoms with Gasteiger partial charge in [0.2, 0.25) is 11.8 Å². The minimum absolute atomic E-state index is 0.111. The first-order chi connectivity index (χ1) is 14.5. The van der Waals surface area contributed by atoms with Crippen molar-refractivity contribution in [3.8, 4) is 5.75 Å². The third-order valence-electron chi connectivity index (χ3n) is 5.16. The van der Waals surface area contributed by atoms with E-state index in [-0.39, 0.29) is 18.4 Å². The Morgan fingerprint density at radius 2 is 1.57 bits per heavy atom. The zero-order valence-corrected chi connectivity index (χ0v) is 17.3. The molecule has 4 amide bonds. The fourth-order valence-electron chi connectivity index (χ4n) is 3.41. The van der Waals surface area contributed by atoms with E-state index in [2.05, 4.69) is 15.5 Å². The van der Waals surface area contributed by atoms with E-state index in [4.69, 9.17) is 9.47 Å². The number of morpholine rings is 1. The third kappa shape index (κ3) is 6.68. The summed E-state index contributed by atoms with van der Waals surface area (Å²) in [4.78, 5) is 42.5. The van der Waals surface area contributed by atoms with Gasteiger partial charge in [0.25, 0.3) is 0 Å². The van der Waals surface area contributed by atoms with Gasteiger partial charge in [-0.3, -0.25) is 24.7 Å². The van der Waals surface area contributed by atoms with Crippen molar-refractivity contribution in [2.45, 2.75) is 0 Å². The van der Waals surface area contributed by atoms with Gasteiger partial charge in [0.1, 0.15) is 5.75 Å². The number of hydrogen-bond acceptors (Lipinski definition) is 7. The summed E-state index contributed by atoms with van der Waals surface area (Å²) in [7, 11) is 1.56. The molecule has 2 aliphatic rings. The molecule has 0 radical (unpaired) electrons. The minimum Gasteiger partial charge on any atom is -0.497 e. The lowest BCUT2D eigenvalue weighted by Gasteiger charge is -2.36. The SMILES string of the molecule is COc1ccc(NC(=O)NC(=O)CN2CCN(C(=O)CN3CCOCC3)CC2)cc1. The van der Waals surface area contributed by atoms with E-state index in [1.807, 2.05) is 9.80 Å². The molecule has 2 heterocycles. The molecule has 10 heteroatoms. The maximum absolute atomic E-state index is 12.4. The molecule has 0 unspecified atom stereocenters. The zero-order valence-electron chi connectivity index (χ0n) is 17.3. The van der Waals surface area contributed by atoms with Crippen LogP contribution in [0.5, 0.6) is 5.75 Å². The van der Waals surface area contributed by atoms with Crippen LogP contribution in [0.15, 0.2) is 24.3 Å². The molecule has 10 nitrogen and oxygen atoms in total. The number of methoxy groups -OCH3 is 1. The smallest absolute Gasteiger partial charge is 0.325 e. The highest BCUT2D eigenvalue weighted by Gasteiger charge is 2.24. The molecule has 0 aliphatic carbocycles. The van der Waals surface area contributed by atoms with E-state index in [0.29, 0.717) is 57.4 Å². The summed E-state index contributed by atoms with van der Waals surface area (Å²) in [5.41, 5.74) is 0.563. The predicted octanol–water partition coefficient (Wildman–Crippen LogP) is -0.180. The Morgan fingerprint density at radius 3 is 2.20 bits per heavy atom. The van der Waals surface area contributed by atoms with Gasteiger partial charge in [-0.2, -0.15) is 0 Å². The van der Waals surface area contributed by atoms with Gasteiger partial charge < -0.3 is 19.7 Å². The van der Waals surface area contributed by atoms with Crippen LogP contribution in [0.2, 0.25) is 0 Å². The molecule has 2 fully saturated rings. The first-order valence-electron chi connectivity index (χ1n) is 10.1. The number of hydrogen-bond donors (Lipinski definition) is 2. The van der Waals surface area contributed by atoms with Gasteiger partial charge in [-0.15, -0.1) is 0 Å².